The van der Waals surface area contributed by atoms with Gasteiger partial charge in [0.05, 0.1) is 4.90 Å². The Morgan fingerprint density at radius 3 is 2.39 bits per heavy atom. The SMILES string of the molecule is CC1CC(C)CN(S(=O)(=O)c2cccc(C(=O)N3CCC(Nc4ccccc4)C3)c2)C1. The molecule has 2 aromatic rings. The highest BCUT2D eigenvalue weighted by atomic mass is 32.2. The number of anilines is 1. The minimum absolute atomic E-state index is 0.116. The fourth-order valence-corrected chi connectivity index (χ4v) is 6.48. The third kappa shape index (κ3) is 4.93. The number of sulfonamides is 1. The molecule has 0 aliphatic carbocycles. The van der Waals surface area contributed by atoms with Crippen LogP contribution < -0.4 is 5.32 Å². The van der Waals surface area contributed by atoms with E-state index in [-0.39, 0.29) is 16.8 Å². The minimum Gasteiger partial charge on any atom is -0.380 e. The van der Waals surface area contributed by atoms with Gasteiger partial charge in [-0.2, -0.15) is 4.31 Å². The largest absolute Gasteiger partial charge is 0.380 e. The number of hydrogen-bond acceptors (Lipinski definition) is 4. The van der Waals surface area contributed by atoms with E-state index < -0.39 is 10.0 Å². The van der Waals surface area contributed by atoms with Crippen molar-refractivity contribution in [2.24, 2.45) is 11.8 Å². The molecule has 7 heteroatoms. The Labute approximate surface area is 185 Å². The maximum Gasteiger partial charge on any atom is 0.253 e. The highest BCUT2D eigenvalue weighted by molar-refractivity contribution is 7.89. The van der Waals surface area contributed by atoms with Crippen molar-refractivity contribution in [3.63, 3.8) is 0 Å². The van der Waals surface area contributed by atoms with Crippen molar-refractivity contribution in [3.05, 3.63) is 60.2 Å². The average molecular weight is 442 g/mol. The van der Waals surface area contributed by atoms with Crippen LogP contribution in [-0.4, -0.2) is 55.8 Å². The highest BCUT2D eigenvalue weighted by Crippen LogP contribution is 2.27. The third-order valence-corrected chi connectivity index (χ3v) is 8.00. The normalized spacial score (nSPS) is 24.8. The second-order valence-electron chi connectivity index (χ2n) is 9.04. The summed E-state index contributed by atoms with van der Waals surface area (Å²) in [6, 6.07) is 16.7. The zero-order valence-corrected chi connectivity index (χ0v) is 19.0. The molecule has 2 aromatic carbocycles. The van der Waals surface area contributed by atoms with Gasteiger partial charge in [0, 0.05) is 43.5 Å². The second kappa shape index (κ2) is 9.01. The van der Waals surface area contributed by atoms with Crippen molar-refractivity contribution in [2.45, 2.75) is 37.6 Å². The van der Waals surface area contributed by atoms with Gasteiger partial charge in [0.15, 0.2) is 0 Å². The van der Waals surface area contributed by atoms with E-state index >= 15 is 0 Å². The summed E-state index contributed by atoms with van der Waals surface area (Å²) in [6.07, 6.45) is 1.90. The Bertz CT molecular complexity index is 1020. The molecule has 2 heterocycles. The van der Waals surface area contributed by atoms with Crippen LogP contribution in [0.4, 0.5) is 5.69 Å². The molecule has 0 bridgehead atoms. The van der Waals surface area contributed by atoms with Gasteiger partial charge >= 0.3 is 0 Å². The molecule has 0 saturated carbocycles. The van der Waals surface area contributed by atoms with Crippen molar-refractivity contribution in [2.75, 3.05) is 31.5 Å². The minimum atomic E-state index is -3.61. The molecular weight excluding hydrogens is 410 g/mol. The molecule has 0 spiro atoms. The number of nitrogens with zero attached hydrogens (tertiary/aromatic N) is 2. The van der Waals surface area contributed by atoms with Crippen LogP contribution in [0.2, 0.25) is 0 Å². The molecule has 31 heavy (non-hydrogen) atoms. The molecule has 0 aromatic heterocycles. The number of nitrogens with one attached hydrogen (secondary N) is 1. The number of para-hydroxylation sites is 1. The van der Waals surface area contributed by atoms with Crippen LogP contribution in [-0.2, 0) is 10.0 Å². The lowest BCUT2D eigenvalue weighted by atomic mass is 9.94. The number of amides is 1. The quantitative estimate of drug-likeness (QED) is 0.769. The maximum atomic E-state index is 13.2. The first-order valence-corrected chi connectivity index (χ1v) is 12.5. The van der Waals surface area contributed by atoms with Crippen LogP contribution in [0.3, 0.4) is 0 Å². The number of benzene rings is 2. The molecule has 2 aliphatic heterocycles. The van der Waals surface area contributed by atoms with Gasteiger partial charge in [-0.1, -0.05) is 38.1 Å². The standard InChI is InChI=1S/C24H31N3O3S/c1-18-13-19(2)16-27(15-18)31(29,30)23-10-6-7-20(14-23)24(28)26-12-11-22(17-26)25-21-8-4-3-5-9-21/h3-10,14,18-19,22,25H,11-13,15-17H2,1-2H3. The number of carbonyl (C=O) groups is 1. The molecule has 1 N–H and O–H groups in total. The first-order chi connectivity index (χ1) is 14.8. The number of rotatable bonds is 5. The predicted octanol–water partition coefficient (Wildman–Crippen LogP) is 3.68. The molecule has 0 radical (unpaired) electrons. The van der Waals surface area contributed by atoms with Gasteiger partial charge in [-0.05, 0) is 55.0 Å². The van der Waals surface area contributed by atoms with Gasteiger partial charge in [-0.25, -0.2) is 8.42 Å². The van der Waals surface area contributed by atoms with Crippen molar-refractivity contribution >= 4 is 21.6 Å². The van der Waals surface area contributed by atoms with E-state index in [1.807, 2.05) is 30.3 Å². The monoisotopic (exact) mass is 441 g/mol. The van der Waals surface area contributed by atoms with Gasteiger partial charge < -0.3 is 10.2 Å². The van der Waals surface area contributed by atoms with E-state index in [1.54, 1.807) is 33.5 Å². The fraction of sp³-hybridized carbons (Fsp3) is 0.458. The Kier molecular flexibility index (Phi) is 6.34. The van der Waals surface area contributed by atoms with E-state index in [0.717, 1.165) is 18.5 Å². The predicted molar refractivity (Wildman–Crippen MR) is 123 cm³/mol. The lowest BCUT2D eigenvalue weighted by Crippen LogP contribution is -2.42. The Morgan fingerprint density at radius 1 is 0.968 bits per heavy atom. The van der Waals surface area contributed by atoms with Gasteiger partial charge in [0.1, 0.15) is 0 Å². The Balaban J connectivity index is 1.46. The topological polar surface area (TPSA) is 69.7 Å². The first kappa shape index (κ1) is 21.8. The molecular formula is C24H31N3O3S. The van der Waals surface area contributed by atoms with Crippen LogP contribution in [0.5, 0.6) is 0 Å². The van der Waals surface area contributed by atoms with Crippen LogP contribution in [0, 0.1) is 11.8 Å². The molecule has 3 atom stereocenters. The van der Waals surface area contributed by atoms with Crippen molar-refractivity contribution in [3.8, 4) is 0 Å². The molecule has 4 rings (SSSR count). The lowest BCUT2D eigenvalue weighted by molar-refractivity contribution is 0.0791. The summed E-state index contributed by atoms with van der Waals surface area (Å²) in [6.45, 7) is 6.50. The molecule has 1 amide bonds. The molecule has 2 aliphatic rings. The summed E-state index contributed by atoms with van der Waals surface area (Å²) in [5, 5.41) is 3.47. The van der Waals surface area contributed by atoms with Crippen LogP contribution in [0.25, 0.3) is 0 Å². The lowest BCUT2D eigenvalue weighted by Gasteiger charge is -2.34. The summed E-state index contributed by atoms with van der Waals surface area (Å²) >= 11 is 0. The molecule has 2 saturated heterocycles. The van der Waals surface area contributed by atoms with Gasteiger partial charge in [-0.3, -0.25) is 4.79 Å². The third-order valence-electron chi connectivity index (χ3n) is 6.17. The molecule has 6 nitrogen and oxygen atoms in total. The van der Waals surface area contributed by atoms with Gasteiger partial charge in [-0.15, -0.1) is 0 Å². The van der Waals surface area contributed by atoms with Crippen molar-refractivity contribution < 1.29 is 13.2 Å². The van der Waals surface area contributed by atoms with Gasteiger partial charge in [0.2, 0.25) is 10.0 Å². The number of likely N-dealkylation sites (tertiary alicyclic amines) is 1. The second-order valence-corrected chi connectivity index (χ2v) is 11.0. The highest BCUT2D eigenvalue weighted by Gasteiger charge is 2.33. The van der Waals surface area contributed by atoms with Crippen LogP contribution >= 0.6 is 0 Å². The molecule has 2 fully saturated rings. The van der Waals surface area contributed by atoms with E-state index in [2.05, 4.69) is 19.2 Å². The van der Waals surface area contributed by atoms with E-state index in [0.29, 0.717) is 43.6 Å². The molecule has 166 valence electrons. The van der Waals surface area contributed by atoms with Crippen LogP contribution in [0.15, 0.2) is 59.5 Å². The Hall–Kier alpha value is -2.38. The first-order valence-electron chi connectivity index (χ1n) is 11.0. The number of hydrogen-bond donors (Lipinski definition) is 1. The zero-order valence-electron chi connectivity index (χ0n) is 18.2. The molecule has 3 unspecified atom stereocenters. The fourth-order valence-electron chi connectivity index (χ4n) is 4.76. The van der Waals surface area contributed by atoms with Gasteiger partial charge in [0.25, 0.3) is 5.91 Å². The van der Waals surface area contributed by atoms with Crippen molar-refractivity contribution in [1.82, 2.24) is 9.21 Å². The zero-order chi connectivity index (χ0) is 22.0. The summed E-state index contributed by atoms with van der Waals surface area (Å²) in [5.41, 5.74) is 1.47. The number of carbonyl (C=O) groups excluding carboxylic acids is 1. The van der Waals surface area contributed by atoms with E-state index in [1.165, 1.54) is 0 Å². The van der Waals surface area contributed by atoms with Crippen LogP contribution in [0.1, 0.15) is 37.0 Å². The van der Waals surface area contributed by atoms with Crippen molar-refractivity contribution in [1.29, 1.82) is 0 Å². The van der Waals surface area contributed by atoms with E-state index in [9.17, 15) is 13.2 Å². The summed E-state index contributed by atoms with van der Waals surface area (Å²) in [5.74, 6) is 0.554. The maximum absolute atomic E-state index is 13.2. The number of piperidine rings is 1. The summed E-state index contributed by atoms with van der Waals surface area (Å²) < 4.78 is 28.0. The smallest absolute Gasteiger partial charge is 0.253 e. The average Bonchev–Trinajstić information content (AvgIpc) is 3.22. The van der Waals surface area contributed by atoms with E-state index in [4.69, 9.17) is 0 Å². The summed E-state index contributed by atoms with van der Waals surface area (Å²) in [4.78, 5) is 15.1. The Morgan fingerprint density at radius 2 is 1.68 bits per heavy atom. The summed E-state index contributed by atoms with van der Waals surface area (Å²) in [7, 11) is -3.61.